The maximum atomic E-state index is 12.7. The van der Waals surface area contributed by atoms with E-state index in [1.165, 1.54) is 12.4 Å². The fraction of sp³-hybridized carbons (Fsp3) is 0.368. The summed E-state index contributed by atoms with van der Waals surface area (Å²) in [5, 5.41) is 22.2. The van der Waals surface area contributed by atoms with Crippen LogP contribution in [0.3, 0.4) is 0 Å². The van der Waals surface area contributed by atoms with Gasteiger partial charge < -0.3 is 15.2 Å². The van der Waals surface area contributed by atoms with Gasteiger partial charge in [-0.05, 0) is 43.0 Å². The molecule has 5 nitrogen and oxygen atoms in total. The quantitative estimate of drug-likeness (QED) is 0.672. The first-order chi connectivity index (χ1) is 12.0. The second-order valence-corrected chi connectivity index (χ2v) is 7.18. The number of carbonyl (C=O) groups is 1. The summed E-state index contributed by atoms with van der Waals surface area (Å²) in [4.78, 5) is 14.5. The molecule has 25 heavy (non-hydrogen) atoms. The molecule has 1 saturated heterocycles. The van der Waals surface area contributed by atoms with Gasteiger partial charge >= 0.3 is 0 Å². The molecular weight excluding hydrogens is 340 g/mol. The number of hydrogen-bond donors (Lipinski definition) is 1. The Balaban J connectivity index is 1.79. The van der Waals surface area contributed by atoms with Crippen LogP contribution in [0.25, 0.3) is 0 Å². The lowest BCUT2D eigenvalue weighted by molar-refractivity contribution is -0.605. The zero-order valence-electron chi connectivity index (χ0n) is 13.9. The van der Waals surface area contributed by atoms with Gasteiger partial charge in [0, 0.05) is 29.6 Å². The molecule has 0 unspecified atom stereocenters. The average molecular weight is 361 g/mol. The lowest BCUT2D eigenvalue weighted by Crippen LogP contribution is -2.49. The highest BCUT2D eigenvalue weighted by Gasteiger charge is 2.37. The largest absolute Gasteiger partial charge is 0.619 e. The summed E-state index contributed by atoms with van der Waals surface area (Å²) in [5.74, 6) is -0.172. The number of pyridine rings is 1. The van der Waals surface area contributed by atoms with Crippen molar-refractivity contribution in [2.45, 2.75) is 19.3 Å². The van der Waals surface area contributed by atoms with Crippen molar-refractivity contribution in [2.24, 2.45) is 5.41 Å². The molecule has 1 amide bonds. The Hall–Kier alpha value is -2.11. The minimum Gasteiger partial charge on any atom is -0.619 e. The minimum absolute atomic E-state index is 0.000359. The van der Waals surface area contributed by atoms with Gasteiger partial charge in [-0.2, -0.15) is 4.73 Å². The molecule has 1 fully saturated rings. The molecule has 1 aliphatic rings. The first-order valence-electron chi connectivity index (χ1n) is 8.35. The highest BCUT2D eigenvalue weighted by Crippen LogP contribution is 2.34. The Labute approximate surface area is 152 Å². The minimum atomic E-state index is -0.388. The van der Waals surface area contributed by atoms with Gasteiger partial charge in [0.05, 0.1) is 6.61 Å². The highest BCUT2D eigenvalue weighted by molar-refractivity contribution is 6.30. The molecule has 0 aliphatic carbocycles. The molecule has 1 N–H and O–H groups in total. The topological polar surface area (TPSA) is 67.5 Å². The molecule has 1 aromatic heterocycles. The summed E-state index contributed by atoms with van der Waals surface area (Å²) in [6.07, 6.45) is 4.95. The Morgan fingerprint density at radius 1 is 1.36 bits per heavy atom. The molecule has 0 radical (unpaired) electrons. The van der Waals surface area contributed by atoms with E-state index in [0.29, 0.717) is 34.8 Å². The van der Waals surface area contributed by atoms with Crippen molar-refractivity contribution in [1.29, 1.82) is 0 Å². The van der Waals surface area contributed by atoms with Crippen LogP contribution >= 0.6 is 11.6 Å². The fourth-order valence-electron chi connectivity index (χ4n) is 3.55. The predicted molar refractivity (Wildman–Crippen MR) is 95.2 cm³/mol. The van der Waals surface area contributed by atoms with Crippen LogP contribution in [0.5, 0.6) is 0 Å². The van der Waals surface area contributed by atoms with Gasteiger partial charge in [-0.3, -0.25) is 4.79 Å². The number of halogens is 1. The van der Waals surface area contributed by atoms with Gasteiger partial charge in [0.2, 0.25) is 0 Å². The van der Waals surface area contributed by atoms with Crippen LogP contribution in [0.15, 0.2) is 48.8 Å². The van der Waals surface area contributed by atoms with Crippen molar-refractivity contribution in [3.05, 3.63) is 70.1 Å². The van der Waals surface area contributed by atoms with Crippen LogP contribution in [-0.4, -0.2) is 35.6 Å². The molecule has 3 rings (SSSR count). The Morgan fingerprint density at radius 3 is 2.92 bits per heavy atom. The van der Waals surface area contributed by atoms with Crippen LogP contribution in [-0.2, 0) is 6.42 Å². The normalized spacial score (nSPS) is 20.5. The molecule has 0 saturated carbocycles. The monoisotopic (exact) mass is 360 g/mol. The highest BCUT2D eigenvalue weighted by atomic mass is 35.5. The first-order valence-corrected chi connectivity index (χ1v) is 8.73. The van der Waals surface area contributed by atoms with E-state index in [-0.39, 0.29) is 17.9 Å². The number of likely N-dealkylation sites (tertiary alicyclic amines) is 1. The first kappa shape index (κ1) is 17.7. The standard InChI is InChI=1S/C19H21ClN2O3/c20-17-6-1-4-15(10-17)11-19(14-23)7-3-8-21(13-19)18(24)16-5-2-9-22(25)12-16/h1-2,4-6,9-10,12,23H,3,7-8,11,13-14H2/t19-/m0/s1. The second-order valence-electron chi connectivity index (χ2n) is 6.75. The molecule has 132 valence electrons. The third kappa shape index (κ3) is 4.11. The van der Waals surface area contributed by atoms with E-state index >= 15 is 0 Å². The molecule has 1 atom stereocenters. The average Bonchev–Trinajstić information content (AvgIpc) is 2.61. The van der Waals surface area contributed by atoms with E-state index in [1.54, 1.807) is 17.0 Å². The molecule has 2 aromatic rings. The van der Waals surface area contributed by atoms with E-state index < -0.39 is 0 Å². The lowest BCUT2D eigenvalue weighted by atomic mass is 9.75. The van der Waals surface area contributed by atoms with E-state index in [4.69, 9.17) is 11.6 Å². The van der Waals surface area contributed by atoms with Gasteiger partial charge in [-0.15, -0.1) is 0 Å². The number of aliphatic hydroxyl groups is 1. The van der Waals surface area contributed by atoms with Crippen molar-refractivity contribution in [2.75, 3.05) is 19.7 Å². The Kier molecular flexibility index (Phi) is 5.25. The number of hydrogen-bond acceptors (Lipinski definition) is 3. The molecule has 0 bridgehead atoms. The predicted octanol–water partition coefficient (Wildman–Crippen LogP) is 2.43. The van der Waals surface area contributed by atoms with Crippen molar-refractivity contribution in [3.63, 3.8) is 0 Å². The molecular formula is C19H21ClN2O3. The smallest absolute Gasteiger partial charge is 0.259 e. The zero-order valence-corrected chi connectivity index (χ0v) is 14.7. The Morgan fingerprint density at radius 2 is 2.20 bits per heavy atom. The van der Waals surface area contributed by atoms with Crippen LogP contribution in [0.1, 0.15) is 28.8 Å². The summed E-state index contributed by atoms with van der Waals surface area (Å²) in [6, 6.07) is 10.8. The van der Waals surface area contributed by atoms with Crippen LogP contribution < -0.4 is 4.73 Å². The van der Waals surface area contributed by atoms with E-state index in [2.05, 4.69) is 0 Å². The summed E-state index contributed by atoms with van der Waals surface area (Å²) in [7, 11) is 0. The third-order valence-electron chi connectivity index (χ3n) is 4.77. The van der Waals surface area contributed by atoms with Crippen molar-refractivity contribution >= 4 is 17.5 Å². The van der Waals surface area contributed by atoms with Gasteiger partial charge in [0.1, 0.15) is 5.56 Å². The fourth-order valence-corrected chi connectivity index (χ4v) is 3.77. The third-order valence-corrected chi connectivity index (χ3v) is 5.01. The number of carbonyl (C=O) groups excluding carboxylic acids is 1. The van der Waals surface area contributed by atoms with Crippen molar-refractivity contribution in [1.82, 2.24) is 4.90 Å². The molecule has 2 heterocycles. The number of amides is 1. The van der Waals surface area contributed by atoms with Crippen LogP contribution in [0.2, 0.25) is 5.02 Å². The van der Waals surface area contributed by atoms with Gasteiger partial charge in [-0.25, -0.2) is 0 Å². The van der Waals surface area contributed by atoms with Gasteiger partial charge in [0.15, 0.2) is 12.4 Å². The van der Waals surface area contributed by atoms with E-state index in [1.807, 2.05) is 24.3 Å². The SMILES string of the molecule is O=C(c1ccc[n+]([O-])c1)N1CCC[C@](CO)(Cc2cccc(Cl)c2)C1. The lowest BCUT2D eigenvalue weighted by Gasteiger charge is -2.42. The van der Waals surface area contributed by atoms with Gasteiger partial charge in [0.25, 0.3) is 5.91 Å². The Bertz CT molecular complexity index is 768. The van der Waals surface area contributed by atoms with Gasteiger partial charge in [-0.1, -0.05) is 23.7 Å². The number of aromatic nitrogens is 1. The summed E-state index contributed by atoms with van der Waals surface area (Å²) >= 11 is 6.07. The number of rotatable bonds is 4. The summed E-state index contributed by atoms with van der Waals surface area (Å²) in [5.41, 5.74) is 1.03. The number of benzene rings is 1. The van der Waals surface area contributed by atoms with E-state index in [0.717, 1.165) is 18.4 Å². The zero-order chi connectivity index (χ0) is 17.9. The number of piperidine rings is 1. The maximum Gasteiger partial charge on any atom is 0.259 e. The maximum absolute atomic E-state index is 12.7. The number of aliphatic hydroxyl groups excluding tert-OH is 1. The molecule has 0 spiro atoms. The summed E-state index contributed by atoms with van der Waals surface area (Å²) in [6.45, 7) is 1.09. The molecule has 1 aromatic carbocycles. The van der Waals surface area contributed by atoms with Crippen molar-refractivity contribution < 1.29 is 14.6 Å². The summed E-state index contributed by atoms with van der Waals surface area (Å²) < 4.78 is 0.627. The van der Waals surface area contributed by atoms with Crippen molar-refractivity contribution in [3.8, 4) is 0 Å². The molecule has 1 aliphatic heterocycles. The second kappa shape index (κ2) is 7.42. The van der Waals surface area contributed by atoms with Crippen LogP contribution in [0, 0.1) is 10.6 Å². The molecule has 6 heteroatoms. The van der Waals surface area contributed by atoms with Crippen LogP contribution in [0.4, 0.5) is 0 Å². The number of nitrogens with zero attached hydrogens (tertiary/aromatic N) is 2. The van der Waals surface area contributed by atoms with E-state index in [9.17, 15) is 15.1 Å².